The van der Waals surface area contributed by atoms with Crippen LogP contribution < -0.4 is 9.80 Å². The van der Waals surface area contributed by atoms with Gasteiger partial charge in [0.15, 0.2) is 0 Å². The number of hydrogen-bond acceptors (Lipinski definition) is 0. The normalized spacial score (nSPS) is 34.2. The van der Waals surface area contributed by atoms with E-state index in [2.05, 4.69) is 0 Å². The fourth-order valence-electron chi connectivity index (χ4n) is 5.74. The van der Waals surface area contributed by atoms with Crippen molar-refractivity contribution in [3.8, 4) is 0 Å². The minimum atomic E-state index is -0.315. The van der Waals surface area contributed by atoms with E-state index < -0.39 is 0 Å². The van der Waals surface area contributed by atoms with Crippen molar-refractivity contribution < 1.29 is 18.6 Å². The number of nitrogens with one attached hydrogen (secondary N) is 2. The van der Waals surface area contributed by atoms with E-state index in [0.717, 1.165) is 18.5 Å². The molecular weight excluding hydrogens is 306 g/mol. The van der Waals surface area contributed by atoms with Crippen molar-refractivity contribution >= 4 is 0 Å². The summed E-state index contributed by atoms with van der Waals surface area (Å²) in [5.41, 5.74) is 0.562. The maximum atomic E-state index is 14.2. The Bertz CT molecular complexity index is 571. The van der Waals surface area contributed by atoms with Crippen LogP contribution in [0, 0.1) is 17.6 Å². The molecule has 4 rings (SSSR count). The molecule has 4 heteroatoms. The molecule has 2 aliphatic heterocycles. The van der Waals surface area contributed by atoms with Crippen LogP contribution in [0.5, 0.6) is 0 Å². The van der Waals surface area contributed by atoms with Gasteiger partial charge >= 0.3 is 0 Å². The van der Waals surface area contributed by atoms with Gasteiger partial charge in [0.25, 0.3) is 0 Å². The third-order valence-electron chi connectivity index (χ3n) is 6.79. The van der Waals surface area contributed by atoms with E-state index in [0.29, 0.717) is 18.2 Å². The van der Waals surface area contributed by atoms with E-state index in [1.165, 1.54) is 81.1 Å². The van der Waals surface area contributed by atoms with Crippen molar-refractivity contribution in [1.29, 1.82) is 0 Å². The van der Waals surface area contributed by atoms with Gasteiger partial charge in [0, 0.05) is 24.3 Å². The maximum absolute atomic E-state index is 14.2. The van der Waals surface area contributed by atoms with Crippen molar-refractivity contribution in [2.75, 3.05) is 19.6 Å². The molecule has 4 atom stereocenters. The molecule has 1 aromatic rings. The lowest BCUT2D eigenvalue weighted by Crippen LogP contribution is -3.32. The molecule has 2 heterocycles. The standard InChI is InChI=1S/C20H28F2N2/c21-17-8-9-18(22)16(13-17)14-24-12-11-23-10-4-7-19(23)20(24)15-5-2-1-3-6-15/h8-9,13,15,19-20H,1-7,10-12,14H2/p+2/t19-,20+/m1/s1. The SMILES string of the molecule is Fc1ccc(F)c(C[NH+]2CC[NH+]3CCC[C@@H]3[C@@H]2C2CCCCC2)c1. The summed E-state index contributed by atoms with van der Waals surface area (Å²) in [5, 5.41) is 0. The van der Waals surface area contributed by atoms with E-state index in [4.69, 9.17) is 0 Å². The first-order valence-electron chi connectivity index (χ1n) is 9.85. The summed E-state index contributed by atoms with van der Waals surface area (Å²) in [6.45, 7) is 4.26. The van der Waals surface area contributed by atoms with Crippen LogP contribution in [0.2, 0.25) is 0 Å². The van der Waals surface area contributed by atoms with Crippen LogP contribution in [0.4, 0.5) is 8.78 Å². The Kier molecular flexibility index (Phi) is 4.86. The average Bonchev–Trinajstić information content (AvgIpc) is 3.07. The van der Waals surface area contributed by atoms with E-state index in [9.17, 15) is 8.78 Å². The maximum Gasteiger partial charge on any atom is 0.143 e. The van der Waals surface area contributed by atoms with Crippen LogP contribution in [-0.4, -0.2) is 31.7 Å². The van der Waals surface area contributed by atoms with E-state index in [-0.39, 0.29) is 11.6 Å². The van der Waals surface area contributed by atoms with E-state index in [1.807, 2.05) is 0 Å². The molecule has 2 saturated heterocycles. The van der Waals surface area contributed by atoms with Gasteiger partial charge in [-0.05, 0) is 31.0 Å². The van der Waals surface area contributed by atoms with Crippen molar-refractivity contribution in [2.24, 2.45) is 5.92 Å². The molecule has 0 radical (unpaired) electrons. The fourth-order valence-corrected chi connectivity index (χ4v) is 5.74. The predicted molar refractivity (Wildman–Crippen MR) is 90.0 cm³/mol. The fraction of sp³-hybridized carbons (Fsp3) is 0.700. The Balaban J connectivity index is 1.58. The molecule has 2 N–H and O–H groups in total. The summed E-state index contributed by atoms with van der Waals surface area (Å²) in [4.78, 5) is 3.30. The average molecular weight is 336 g/mol. The zero-order valence-electron chi connectivity index (χ0n) is 14.5. The number of quaternary nitrogens is 2. The number of fused-ring (bicyclic) bond motifs is 1. The Labute approximate surface area is 143 Å². The van der Waals surface area contributed by atoms with Gasteiger partial charge in [-0.15, -0.1) is 0 Å². The van der Waals surface area contributed by atoms with Gasteiger partial charge in [0.2, 0.25) is 0 Å². The number of halogens is 2. The molecule has 0 aromatic heterocycles. The quantitative estimate of drug-likeness (QED) is 0.825. The number of piperazine rings is 1. The molecule has 1 aliphatic carbocycles. The first kappa shape index (κ1) is 16.5. The van der Waals surface area contributed by atoms with Gasteiger partial charge in [-0.1, -0.05) is 19.3 Å². The second kappa shape index (κ2) is 7.09. The Morgan fingerprint density at radius 3 is 2.58 bits per heavy atom. The highest BCUT2D eigenvalue weighted by atomic mass is 19.1. The van der Waals surface area contributed by atoms with Crippen LogP contribution in [0.3, 0.4) is 0 Å². The van der Waals surface area contributed by atoms with Gasteiger partial charge in [-0.3, -0.25) is 0 Å². The molecule has 24 heavy (non-hydrogen) atoms. The Hall–Kier alpha value is -1.00. The summed E-state index contributed by atoms with van der Waals surface area (Å²) in [6.07, 6.45) is 9.41. The third-order valence-corrected chi connectivity index (χ3v) is 6.79. The minimum Gasteiger partial charge on any atom is -0.323 e. The van der Waals surface area contributed by atoms with E-state index >= 15 is 0 Å². The van der Waals surface area contributed by atoms with Gasteiger partial charge < -0.3 is 9.80 Å². The van der Waals surface area contributed by atoms with Crippen LogP contribution in [0.15, 0.2) is 18.2 Å². The van der Waals surface area contributed by atoms with Gasteiger partial charge in [0.1, 0.15) is 43.4 Å². The van der Waals surface area contributed by atoms with Crippen LogP contribution in [0.1, 0.15) is 50.5 Å². The van der Waals surface area contributed by atoms with Crippen molar-refractivity contribution in [1.82, 2.24) is 0 Å². The topological polar surface area (TPSA) is 8.88 Å². The van der Waals surface area contributed by atoms with Crippen molar-refractivity contribution in [2.45, 2.75) is 63.6 Å². The second-order valence-corrected chi connectivity index (χ2v) is 8.15. The van der Waals surface area contributed by atoms with Gasteiger partial charge in [0.05, 0.1) is 6.54 Å². The van der Waals surface area contributed by atoms with Gasteiger partial charge in [-0.2, -0.15) is 0 Å². The first-order chi connectivity index (χ1) is 11.7. The zero-order valence-corrected chi connectivity index (χ0v) is 14.5. The molecule has 0 amide bonds. The second-order valence-electron chi connectivity index (χ2n) is 8.15. The lowest BCUT2D eigenvalue weighted by atomic mass is 9.78. The van der Waals surface area contributed by atoms with Crippen LogP contribution in [0.25, 0.3) is 0 Å². The Morgan fingerprint density at radius 1 is 0.917 bits per heavy atom. The minimum absolute atomic E-state index is 0.243. The molecule has 3 fully saturated rings. The largest absolute Gasteiger partial charge is 0.323 e. The number of rotatable bonds is 3. The third kappa shape index (κ3) is 3.23. The molecule has 1 saturated carbocycles. The molecule has 0 spiro atoms. The van der Waals surface area contributed by atoms with Crippen LogP contribution in [-0.2, 0) is 6.54 Å². The predicted octanol–water partition coefficient (Wildman–Crippen LogP) is 1.36. The molecule has 0 bridgehead atoms. The molecular formula is C20H30F2N2+2. The highest BCUT2D eigenvalue weighted by molar-refractivity contribution is 5.17. The summed E-state index contributed by atoms with van der Waals surface area (Å²) in [5.74, 6) is 0.224. The summed E-state index contributed by atoms with van der Waals surface area (Å²) < 4.78 is 27.8. The monoisotopic (exact) mass is 336 g/mol. The molecule has 2 nitrogen and oxygen atoms in total. The zero-order chi connectivity index (χ0) is 16.5. The molecule has 3 aliphatic rings. The smallest absolute Gasteiger partial charge is 0.143 e. The highest BCUT2D eigenvalue weighted by Gasteiger charge is 2.49. The Morgan fingerprint density at radius 2 is 1.75 bits per heavy atom. The first-order valence-corrected chi connectivity index (χ1v) is 9.85. The lowest BCUT2D eigenvalue weighted by Gasteiger charge is -2.44. The number of benzene rings is 1. The highest BCUT2D eigenvalue weighted by Crippen LogP contribution is 2.28. The lowest BCUT2D eigenvalue weighted by molar-refractivity contribution is -1.05. The van der Waals surface area contributed by atoms with Gasteiger partial charge in [-0.25, -0.2) is 8.78 Å². The number of hydrogen-bond donors (Lipinski definition) is 2. The molecule has 132 valence electrons. The van der Waals surface area contributed by atoms with Crippen molar-refractivity contribution in [3.63, 3.8) is 0 Å². The molecule has 1 aromatic carbocycles. The summed E-state index contributed by atoms with van der Waals surface area (Å²) >= 11 is 0. The molecule has 2 unspecified atom stereocenters. The summed E-state index contributed by atoms with van der Waals surface area (Å²) in [6, 6.07) is 5.31. The summed E-state index contributed by atoms with van der Waals surface area (Å²) in [7, 11) is 0. The van der Waals surface area contributed by atoms with Crippen molar-refractivity contribution in [3.05, 3.63) is 35.4 Å². The van der Waals surface area contributed by atoms with Crippen LogP contribution >= 0.6 is 0 Å². The van der Waals surface area contributed by atoms with E-state index in [1.54, 1.807) is 4.90 Å².